The first-order chi connectivity index (χ1) is 12.3. The molecule has 0 aliphatic carbocycles. The zero-order valence-corrected chi connectivity index (χ0v) is 15.1. The van der Waals surface area contributed by atoms with E-state index in [1.165, 1.54) is 0 Å². The molecule has 6 nitrogen and oxygen atoms in total. The molecule has 2 rings (SSSR count). The van der Waals surface area contributed by atoms with Crippen molar-refractivity contribution >= 4 is 18.2 Å². The zero-order valence-electron chi connectivity index (χ0n) is 15.1. The van der Waals surface area contributed by atoms with E-state index in [1.807, 2.05) is 12.1 Å². The number of carbonyl (C=O) groups excluding carboxylic acids is 3. The zero-order chi connectivity index (χ0) is 19.2. The summed E-state index contributed by atoms with van der Waals surface area (Å²) in [5, 5.41) is 2.64. The first kappa shape index (κ1) is 19.3. The van der Waals surface area contributed by atoms with Crippen LogP contribution in [0, 0.1) is 0 Å². The molecule has 0 radical (unpaired) electrons. The minimum atomic E-state index is -0.545. The second-order valence-corrected chi connectivity index (χ2v) is 6.73. The Morgan fingerprint density at radius 3 is 2.50 bits per heavy atom. The monoisotopic (exact) mass is 354 g/mol. The Kier molecular flexibility index (Phi) is 6.22. The lowest BCUT2D eigenvalue weighted by atomic mass is 10.0. The fraction of sp³-hybridized carbons (Fsp3) is 0.300. The summed E-state index contributed by atoms with van der Waals surface area (Å²) >= 11 is 0. The van der Waals surface area contributed by atoms with Gasteiger partial charge in [-0.2, -0.15) is 0 Å². The molecule has 2 aromatic rings. The molecule has 1 heterocycles. The number of pyridine rings is 1. The van der Waals surface area contributed by atoms with Gasteiger partial charge in [0.2, 0.25) is 0 Å². The fourth-order valence-corrected chi connectivity index (χ4v) is 2.31. The van der Waals surface area contributed by atoms with E-state index in [1.54, 1.807) is 51.2 Å². The highest BCUT2D eigenvalue weighted by Crippen LogP contribution is 2.21. The van der Waals surface area contributed by atoms with Crippen molar-refractivity contribution in [2.24, 2.45) is 0 Å². The molecule has 0 fully saturated rings. The van der Waals surface area contributed by atoms with Crippen LogP contribution >= 0.6 is 0 Å². The Labute approximate surface area is 152 Å². The number of hydrogen-bond acceptors (Lipinski definition) is 5. The van der Waals surface area contributed by atoms with E-state index in [9.17, 15) is 14.4 Å². The van der Waals surface area contributed by atoms with Crippen molar-refractivity contribution in [1.82, 2.24) is 10.3 Å². The maximum Gasteiger partial charge on any atom is 0.308 e. The van der Waals surface area contributed by atoms with Crippen molar-refractivity contribution in [3.8, 4) is 11.1 Å². The number of rotatable bonds is 6. The summed E-state index contributed by atoms with van der Waals surface area (Å²) in [6, 6.07) is 10.5. The molecule has 6 heteroatoms. The molecule has 1 amide bonds. The van der Waals surface area contributed by atoms with Crippen LogP contribution in [-0.4, -0.2) is 35.3 Å². The SMILES string of the molecule is CC(C)(C)OC(=O)CCNC(=O)c1ccc(-c2ccccc2C=O)cn1. The number of amides is 1. The largest absolute Gasteiger partial charge is 0.460 e. The van der Waals surface area contributed by atoms with Gasteiger partial charge in [-0.15, -0.1) is 0 Å². The number of nitrogens with zero attached hydrogens (tertiary/aromatic N) is 1. The number of esters is 1. The Morgan fingerprint density at radius 1 is 1.15 bits per heavy atom. The number of hydrogen-bond donors (Lipinski definition) is 1. The van der Waals surface area contributed by atoms with Crippen LogP contribution in [0.2, 0.25) is 0 Å². The number of ether oxygens (including phenoxy) is 1. The van der Waals surface area contributed by atoms with Crippen LogP contribution < -0.4 is 5.32 Å². The molecular weight excluding hydrogens is 332 g/mol. The van der Waals surface area contributed by atoms with Crippen LogP contribution in [0.3, 0.4) is 0 Å². The lowest BCUT2D eigenvalue weighted by Crippen LogP contribution is -2.30. The molecule has 0 saturated heterocycles. The average molecular weight is 354 g/mol. The summed E-state index contributed by atoms with van der Waals surface area (Å²) in [5.41, 5.74) is 1.76. The van der Waals surface area contributed by atoms with Gasteiger partial charge in [-0.05, 0) is 32.4 Å². The van der Waals surface area contributed by atoms with Crippen LogP contribution in [0.25, 0.3) is 11.1 Å². The third kappa shape index (κ3) is 5.51. The standard InChI is InChI=1S/C20H22N2O4/c1-20(2,3)26-18(24)10-11-21-19(25)17-9-8-14(12-22-17)16-7-5-4-6-15(16)13-23/h4-9,12-13H,10-11H2,1-3H3,(H,21,25). The van der Waals surface area contributed by atoms with Gasteiger partial charge in [-0.3, -0.25) is 19.4 Å². The predicted octanol–water partition coefficient (Wildman–Crippen LogP) is 3.02. The van der Waals surface area contributed by atoms with Gasteiger partial charge in [0.15, 0.2) is 6.29 Å². The number of aromatic nitrogens is 1. The number of carbonyl (C=O) groups is 3. The lowest BCUT2D eigenvalue weighted by molar-refractivity contribution is -0.154. The van der Waals surface area contributed by atoms with E-state index in [2.05, 4.69) is 10.3 Å². The molecule has 0 saturated carbocycles. The van der Waals surface area contributed by atoms with E-state index in [0.717, 1.165) is 17.4 Å². The van der Waals surface area contributed by atoms with Crippen molar-refractivity contribution in [3.05, 3.63) is 53.9 Å². The summed E-state index contributed by atoms with van der Waals surface area (Å²) in [5.74, 6) is -0.740. The lowest BCUT2D eigenvalue weighted by Gasteiger charge is -2.19. The van der Waals surface area contributed by atoms with Gasteiger partial charge in [-0.1, -0.05) is 30.3 Å². The number of benzene rings is 1. The minimum Gasteiger partial charge on any atom is -0.460 e. The summed E-state index contributed by atoms with van der Waals surface area (Å²) in [6.07, 6.45) is 2.42. The normalized spacial score (nSPS) is 10.9. The highest BCUT2D eigenvalue weighted by molar-refractivity contribution is 5.93. The quantitative estimate of drug-likeness (QED) is 0.637. The van der Waals surface area contributed by atoms with Crippen LogP contribution in [-0.2, 0) is 9.53 Å². The molecular formula is C20H22N2O4. The highest BCUT2D eigenvalue weighted by atomic mass is 16.6. The molecule has 136 valence electrons. The van der Waals surface area contributed by atoms with Crippen molar-refractivity contribution in [2.45, 2.75) is 32.8 Å². The molecule has 0 bridgehead atoms. The maximum absolute atomic E-state index is 12.1. The van der Waals surface area contributed by atoms with E-state index < -0.39 is 5.60 Å². The Morgan fingerprint density at radius 2 is 1.88 bits per heavy atom. The summed E-state index contributed by atoms with van der Waals surface area (Å²) in [6.45, 7) is 5.54. The molecule has 0 aliphatic heterocycles. The minimum absolute atomic E-state index is 0.0911. The molecule has 0 aliphatic rings. The van der Waals surface area contributed by atoms with Crippen LogP contribution in [0.4, 0.5) is 0 Å². The van der Waals surface area contributed by atoms with Gasteiger partial charge < -0.3 is 10.1 Å². The van der Waals surface area contributed by atoms with Gasteiger partial charge >= 0.3 is 5.97 Å². The van der Waals surface area contributed by atoms with E-state index in [4.69, 9.17) is 4.74 Å². The molecule has 0 atom stereocenters. The summed E-state index contributed by atoms with van der Waals surface area (Å²) in [7, 11) is 0. The van der Waals surface area contributed by atoms with Gasteiger partial charge in [0.1, 0.15) is 11.3 Å². The Hall–Kier alpha value is -3.02. The van der Waals surface area contributed by atoms with Crippen molar-refractivity contribution < 1.29 is 19.1 Å². The highest BCUT2D eigenvalue weighted by Gasteiger charge is 2.16. The second-order valence-electron chi connectivity index (χ2n) is 6.73. The van der Waals surface area contributed by atoms with Crippen molar-refractivity contribution in [1.29, 1.82) is 0 Å². The van der Waals surface area contributed by atoms with Gasteiger partial charge in [0, 0.05) is 23.9 Å². The number of aldehydes is 1. The predicted molar refractivity (Wildman–Crippen MR) is 97.9 cm³/mol. The summed E-state index contributed by atoms with van der Waals surface area (Å²) < 4.78 is 5.18. The average Bonchev–Trinajstić information content (AvgIpc) is 2.60. The second kappa shape index (κ2) is 8.38. The number of nitrogens with one attached hydrogen (secondary N) is 1. The van der Waals surface area contributed by atoms with Crippen molar-refractivity contribution in [2.75, 3.05) is 6.54 Å². The van der Waals surface area contributed by atoms with Crippen molar-refractivity contribution in [3.63, 3.8) is 0 Å². The fourth-order valence-electron chi connectivity index (χ4n) is 2.31. The topological polar surface area (TPSA) is 85.4 Å². The van der Waals surface area contributed by atoms with Crippen LogP contribution in [0.15, 0.2) is 42.6 Å². The molecule has 1 N–H and O–H groups in total. The van der Waals surface area contributed by atoms with Gasteiger partial charge in [-0.25, -0.2) is 0 Å². The molecule has 1 aromatic heterocycles. The molecule has 0 spiro atoms. The van der Waals surface area contributed by atoms with Gasteiger partial charge in [0.05, 0.1) is 6.42 Å². The molecule has 26 heavy (non-hydrogen) atoms. The third-order valence-corrected chi connectivity index (χ3v) is 3.43. The molecule has 1 aromatic carbocycles. The molecule has 0 unspecified atom stereocenters. The van der Waals surface area contributed by atoms with Crippen LogP contribution in [0.1, 0.15) is 48.0 Å². The first-order valence-corrected chi connectivity index (χ1v) is 8.31. The van der Waals surface area contributed by atoms with Gasteiger partial charge in [0.25, 0.3) is 5.91 Å². The Balaban J connectivity index is 1.95. The van der Waals surface area contributed by atoms with E-state index in [0.29, 0.717) is 5.56 Å². The van der Waals surface area contributed by atoms with E-state index in [-0.39, 0.29) is 30.5 Å². The smallest absolute Gasteiger partial charge is 0.308 e. The summed E-state index contributed by atoms with van der Waals surface area (Å²) in [4.78, 5) is 39.0. The van der Waals surface area contributed by atoms with E-state index >= 15 is 0 Å². The Bertz CT molecular complexity index is 792. The third-order valence-electron chi connectivity index (χ3n) is 3.43. The van der Waals surface area contributed by atoms with Crippen LogP contribution in [0.5, 0.6) is 0 Å². The first-order valence-electron chi connectivity index (χ1n) is 8.31. The maximum atomic E-state index is 12.1.